The number of hydrogen-bond donors (Lipinski definition) is 1. The van der Waals surface area contributed by atoms with E-state index in [4.69, 9.17) is 9.72 Å². The Morgan fingerprint density at radius 1 is 1.08 bits per heavy atom. The van der Waals surface area contributed by atoms with Gasteiger partial charge in [-0.1, -0.05) is 40.7 Å². The molecule has 2 heterocycles. The van der Waals surface area contributed by atoms with E-state index in [0.717, 1.165) is 30.6 Å². The zero-order valence-corrected chi connectivity index (χ0v) is 23.7. The lowest BCUT2D eigenvalue weighted by Crippen LogP contribution is -2.31. The number of aromatic nitrogens is 3. The fraction of sp³-hybridized carbons (Fsp3) is 0.387. The van der Waals surface area contributed by atoms with E-state index in [1.54, 1.807) is 18.3 Å². The zero-order chi connectivity index (χ0) is 28.2. The van der Waals surface area contributed by atoms with Gasteiger partial charge >= 0.3 is 0 Å². The molecule has 206 valence electrons. The lowest BCUT2D eigenvalue weighted by Gasteiger charge is -2.20. The molecule has 0 fully saturated rings. The van der Waals surface area contributed by atoms with Crippen LogP contribution in [0.25, 0.3) is 11.0 Å². The number of benzene rings is 2. The number of carbonyl (C=O) groups is 1. The SMILES string of the molecule is CCCN(CC)CC(=O)Cc1cc(Oc2ccc3c(c2)nc(Nc2cc(C(C)(C)C)ccc2F)n3C)ccn1. The van der Waals surface area contributed by atoms with E-state index in [9.17, 15) is 9.18 Å². The zero-order valence-electron chi connectivity index (χ0n) is 23.7. The minimum absolute atomic E-state index is 0.103. The van der Waals surface area contributed by atoms with Crippen LogP contribution in [0.4, 0.5) is 16.0 Å². The maximum atomic E-state index is 14.6. The molecule has 0 bridgehead atoms. The number of ether oxygens (including phenoxy) is 1. The first kappa shape index (κ1) is 28.2. The van der Waals surface area contributed by atoms with Gasteiger partial charge in [-0.25, -0.2) is 9.37 Å². The third-order valence-electron chi connectivity index (χ3n) is 6.72. The highest BCUT2D eigenvalue weighted by atomic mass is 19.1. The average Bonchev–Trinajstić information content (AvgIpc) is 3.18. The molecule has 0 atom stereocenters. The first-order valence-electron chi connectivity index (χ1n) is 13.5. The second-order valence-corrected chi connectivity index (χ2v) is 10.9. The van der Waals surface area contributed by atoms with Crippen LogP contribution >= 0.6 is 0 Å². The third-order valence-corrected chi connectivity index (χ3v) is 6.72. The number of halogens is 1. The number of anilines is 2. The van der Waals surface area contributed by atoms with Crippen molar-refractivity contribution in [2.75, 3.05) is 25.0 Å². The van der Waals surface area contributed by atoms with Crippen molar-refractivity contribution in [2.24, 2.45) is 7.05 Å². The maximum Gasteiger partial charge on any atom is 0.208 e. The molecule has 8 heteroatoms. The summed E-state index contributed by atoms with van der Waals surface area (Å²) >= 11 is 0. The standard InChI is InChI=1S/C31H38FN5O2/c1-7-15-37(8-2)20-23(38)17-22-18-25(13-14-33-22)39-24-10-12-29-28(19-24)35-30(36(29)6)34-27-16-21(31(3,4)5)9-11-26(27)32/h9-14,16,18-19H,7-8,15,17,20H2,1-6H3,(H,34,35). The Labute approximate surface area is 230 Å². The molecule has 4 rings (SSSR count). The minimum Gasteiger partial charge on any atom is -0.457 e. The summed E-state index contributed by atoms with van der Waals surface area (Å²) in [5.41, 5.74) is 3.58. The van der Waals surface area contributed by atoms with Gasteiger partial charge in [0, 0.05) is 25.4 Å². The Morgan fingerprint density at radius 2 is 1.85 bits per heavy atom. The molecule has 0 unspecified atom stereocenters. The molecule has 0 aliphatic rings. The molecular formula is C31H38FN5O2. The number of fused-ring (bicyclic) bond motifs is 1. The van der Waals surface area contributed by atoms with Crippen LogP contribution in [0, 0.1) is 5.82 Å². The number of Topliss-reactive ketones (excluding diaryl/α,β-unsaturated/α-hetero) is 1. The third kappa shape index (κ3) is 7.00. The van der Waals surface area contributed by atoms with E-state index in [0.29, 0.717) is 40.9 Å². The first-order valence-corrected chi connectivity index (χ1v) is 13.5. The fourth-order valence-corrected chi connectivity index (χ4v) is 4.49. The molecule has 0 saturated carbocycles. The largest absolute Gasteiger partial charge is 0.457 e. The van der Waals surface area contributed by atoms with Crippen LogP contribution in [0.2, 0.25) is 0 Å². The van der Waals surface area contributed by atoms with Crippen molar-refractivity contribution in [3.8, 4) is 11.5 Å². The Bertz CT molecular complexity index is 1460. The van der Waals surface area contributed by atoms with Gasteiger partial charge in [0.2, 0.25) is 5.95 Å². The lowest BCUT2D eigenvalue weighted by molar-refractivity contribution is -0.119. The van der Waals surface area contributed by atoms with Crippen molar-refractivity contribution in [1.29, 1.82) is 0 Å². The number of nitrogens with one attached hydrogen (secondary N) is 1. The van der Waals surface area contributed by atoms with Crippen LogP contribution in [0.3, 0.4) is 0 Å². The van der Waals surface area contributed by atoms with Crippen LogP contribution in [-0.4, -0.2) is 44.9 Å². The monoisotopic (exact) mass is 531 g/mol. The van der Waals surface area contributed by atoms with Crippen molar-refractivity contribution in [2.45, 2.75) is 52.9 Å². The second-order valence-electron chi connectivity index (χ2n) is 10.9. The Hall–Kier alpha value is -3.78. The first-order chi connectivity index (χ1) is 18.6. The number of likely N-dealkylation sites (N-methyl/N-ethyl adjacent to an activating group) is 1. The summed E-state index contributed by atoms with van der Waals surface area (Å²) in [5.74, 6) is 1.54. The molecule has 0 radical (unpaired) electrons. The number of aryl methyl sites for hydroxylation is 1. The summed E-state index contributed by atoms with van der Waals surface area (Å²) in [4.78, 5) is 23.8. The summed E-state index contributed by atoms with van der Waals surface area (Å²) in [7, 11) is 1.88. The number of nitrogens with zero attached hydrogens (tertiary/aromatic N) is 4. The van der Waals surface area contributed by atoms with Gasteiger partial charge in [-0.15, -0.1) is 0 Å². The molecule has 0 amide bonds. The van der Waals surface area contributed by atoms with Crippen molar-refractivity contribution in [3.63, 3.8) is 0 Å². The van der Waals surface area contributed by atoms with Crippen molar-refractivity contribution in [1.82, 2.24) is 19.4 Å². The smallest absolute Gasteiger partial charge is 0.208 e. The predicted octanol–water partition coefficient (Wildman–Crippen LogP) is 6.78. The van der Waals surface area contributed by atoms with E-state index in [1.165, 1.54) is 6.07 Å². The molecule has 39 heavy (non-hydrogen) atoms. The highest BCUT2D eigenvalue weighted by Crippen LogP contribution is 2.31. The molecule has 1 N–H and O–H groups in total. The summed E-state index contributed by atoms with van der Waals surface area (Å²) in [6.45, 7) is 12.6. The Kier molecular flexibility index (Phi) is 8.65. The minimum atomic E-state index is -0.334. The van der Waals surface area contributed by atoms with Gasteiger partial charge in [-0.3, -0.25) is 14.7 Å². The number of hydrogen-bond acceptors (Lipinski definition) is 6. The predicted molar refractivity (Wildman–Crippen MR) is 155 cm³/mol. The number of carbonyl (C=O) groups excluding carboxylic acids is 1. The van der Waals surface area contributed by atoms with Crippen LogP contribution in [0.15, 0.2) is 54.7 Å². The summed E-state index contributed by atoms with van der Waals surface area (Å²) in [6.07, 6.45) is 2.93. The summed E-state index contributed by atoms with van der Waals surface area (Å²) < 4.78 is 22.6. The van der Waals surface area contributed by atoms with E-state index >= 15 is 0 Å². The van der Waals surface area contributed by atoms with Gasteiger partial charge in [0.1, 0.15) is 17.3 Å². The molecule has 7 nitrogen and oxygen atoms in total. The van der Waals surface area contributed by atoms with Crippen molar-refractivity contribution >= 4 is 28.5 Å². The summed E-state index contributed by atoms with van der Waals surface area (Å²) in [5, 5.41) is 3.16. The number of pyridine rings is 1. The molecule has 0 aliphatic heterocycles. The van der Waals surface area contributed by atoms with Gasteiger partial charge in [-0.05, 0) is 60.8 Å². The maximum absolute atomic E-state index is 14.6. The van der Waals surface area contributed by atoms with Gasteiger partial charge in [0.05, 0.1) is 35.4 Å². The van der Waals surface area contributed by atoms with E-state index < -0.39 is 0 Å². The Balaban J connectivity index is 1.50. The van der Waals surface area contributed by atoms with Gasteiger partial charge in [-0.2, -0.15) is 0 Å². The van der Waals surface area contributed by atoms with E-state index in [-0.39, 0.29) is 23.4 Å². The fourth-order valence-electron chi connectivity index (χ4n) is 4.49. The van der Waals surface area contributed by atoms with Gasteiger partial charge in [0.25, 0.3) is 0 Å². The highest BCUT2D eigenvalue weighted by molar-refractivity contribution is 5.83. The van der Waals surface area contributed by atoms with Crippen molar-refractivity contribution < 1.29 is 13.9 Å². The lowest BCUT2D eigenvalue weighted by atomic mass is 9.87. The molecular weight excluding hydrogens is 493 g/mol. The number of ketones is 1. The number of rotatable bonds is 11. The Morgan fingerprint density at radius 3 is 2.56 bits per heavy atom. The topological polar surface area (TPSA) is 72.3 Å². The summed E-state index contributed by atoms with van der Waals surface area (Å²) in [6, 6.07) is 14.3. The van der Waals surface area contributed by atoms with Crippen LogP contribution in [-0.2, 0) is 23.7 Å². The normalized spacial score (nSPS) is 11.8. The number of imidazole rings is 1. The van der Waals surface area contributed by atoms with E-state index in [1.807, 2.05) is 41.9 Å². The highest BCUT2D eigenvalue weighted by Gasteiger charge is 2.17. The molecule has 4 aromatic rings. The van der Waals surface area contributed by atoms with Crippen LogP contribution in [0.5, 0.6) is 11.5 Å². The molecule has 2 aromatic heterocycles. The molecule has 0 saturated heterocycles. The van der Waals surface area contributed by atoms with E-state index in [2.05, 4.69) is 49.8 Å². The quantitative estimate of drug-likeness (QED) is 0.230. The van der Waals surface area contributed by atoms with Crippen molar-refractivity contribution in [3.05, 3.63) is 71.8 Å². The van der Waals surface area contributed by atoms with Crippen LogP contribution in [0.1, 0.15) is 52.3 Å². The van der Waals surface area contributed by atoms with Gasteiger partial charge in [0.15, 0.2) is 5.78 Å². The molecule has 0 aliphatic carbocycles. The molecule has 2 aromatic carbocycles. The average molecular weight is 532 g/mol. The molecule has 0 spiro atoms. The van der Waals surface area contributed by atoms with Crippen LogP contribution < -0.4 is 10.1 Å². The second kappa shape index (κ2) is 11.9. The van der Waals surface area contributed by atoms with Gasteiger partial charge < -0.3 is 14.6 Å².